The molecule has 4 nitrogen and oxygen atoms in total. The molecule has 0 saturated carbocycles. The number of rotatable bonds is 4. The average Bonchev–Trinajstić information content (AvgIpc) is 2.71. The molecule has 134 valence electrons. The first kappa shape index (κ1) is 18.4. The Hall–Kier alpha value is -3.44. The maximum absolute atomic E-state index is 14.5. The van der Waals surface area contributed by atoms with Gasteiger partial charge >= 0.3 is 0 Å². The number of hydrogen-bond donors (Lipinski definition) is 1. The fraction of sp³-hybridized carbons (Fsp3) is 0.227. The third-order valence-corrected chi connectivity index (χ3v) is 4.63. The second kappa shape index (κ2) is 8.29. The molecule has 0 aromatic heterocycles. The van der Waals surface area contributed by atoms with Crippen molar-refractivity contribution in [1.82, 2.24) is 5.32 Å². The molecule has 3 rings (SSSR count). The van der Waals surface area contributed by atoms with E-state index in [0.717, 1.165) is 24.5 Å². The molecule has 2 aromatic rings. The molecule has 0 aliphatic carbocycles. The standard InChI is InChI=1S/C22H18FN3O/c23-20-12-17(13-24)16(10-15-6-2-1-3-7-15)11-18(20)22(27)19(14-25)21-8-4-5-9-26-21/h1-3,6-7,11-12,26H,4-5,8-10H2. The maximum atomic E-state index is 14.5. The summed E-state index contributed by atoms with van der Waals surface area (Å²) in [5.74, 6) is -1.42. The Morgan fingerprint density at radius 3 is 2.56 bits per heavy atom. The minimum Gasteiger partial charge on any atom is -0.387 e. The average molecular weight is 359 g/mol. The highest BCUT2D eigenvalue weighted by atomic mass is 19.1. The Labute approximate surface area is 157 Å². The van der Waals surface area contributed by atoms with E-state index < -0.39 is 11.6 Å². The number of benzene rings is 2. The smallest absolute Gasteiger partial charge is 0.208 e. The van der Waals surface area contributed by atoms with E-state index in [0.29, 0.717) is 30.6 Å². The Bertz CT molecular complexity index is 973. The number of ketones is 1. The van der Waals surface area contributed by atoms with Crippen molar-refractivity contribution in [2.24, 2.45) is 0 Å². The van der Waals surface area contributed by atoms with Crippen LogP contribution >= 0.6 is 0 Å². The van der Waals surface area contributed by atoms with Crippen LogP contribution in [0.2, 0.25) is 0 Å². The molecule has 2 aromatic carbocycles. The summed E-state index contributed by atoms with van der Waals surface area (Å²) in [6, 6.07) is 15.9. The summed E-state index contributed by atoms with van der Waals surface area (Å²) < 4.78 is 14.5. The van der Waals surface area contributed by atoms with Crippen LogP contribution in [0.3, 0.4) is 0 Å². The van der Waals surface area contributed by atoms with Crippen molar-refractivity contribution in [3.63, 3.8) is 0 Å². The highest BCUT2D eigenvalue weighted by Crippen LogP contribution is 2.24. The van der Waals surface area contributed by atoms with E-state index in [2.05, 4.69) is 5.32 Å². The van der Waals surface area contributed by atoms with Crippen molar-refractivity contribution < 1.29 is 9.18 Å². The highest BCUT2D eigenvalue weighted by molar-refractivity contribution is 6.12. The normalized spacial score (nSPS) is 15.2. The first-order valence-corrected chi connectivity index (χ1v) is 8.82. The van der Waals surface area contributed by atoms with E-state index >= 15 is 0 Å². The predicted octanol–water partition coefficient (Wildman–Crippen LogP) is 4.02. The lowest BCUT2D eigenvalue weighted by Crippen LogP contribution is -2.24. The number of nitrogens with zero attached hydrogens (tertiary/aromatic N) is 2. The fourth-order valence-corrected chi connectivity index (χ4v) is 3.22. The minimum absolute atomic E-state index is 0.0519. The van der Waals surface area contributed by atoms with Crippen LogP contribution in [0.25, 0.3) is 0 Å². The number of hydrogen-bond acceptors (Lipinski definition) is 4. The number of allylic oxidation sites excluding steroid dienone is 2. The van der Waals surface area contributed by atoms with Crippen LogP contribution in [-0.2, 0) is 6.42 Å². The summed E-state index contributed by atoms with van der Waals surface area (Å²) in [6.07, 6.45) is 2.86. The van der Waals surface area contributed by atoms with Crippen LogP contribution in [0.15, 0.2) is 53.7 Å². The molecular formula is C22H18FN3O. The van der Waals surface area contributed by atoms with E-state index in [1.165, 1.54) is 6.07 Å². The quantitative estimate of drug-likeness (QED) is 0.508. The number of carbonyl (C=O) groups excluding carboxylic acids is 1. The van der Waals surface area contributed by atoms with Gasteiger partial charge in [0.1, 0.15) is 17.5 Å². The zero-order valence-corrected chi connectivity index (χ0v) is 14.8. The topological polar surface area (TPSA) is 76.7 Å². The van der Waals surface area contributed by atoms with Crippen molar-refractivity contribution in [1.29, 1.82) is 10.5 Å². The summed E-state index contributed by atoms with van der Waals surface area (Å²) >= 11 is 0. The third kappa shape index (κ3) is 4.04. The van der Waals surface area contributed by atoms with Gasteiger partial charge in [-0.15, -0.1) is 0 Å². The van der Waals surface area contributed by atoms with Crippen molar-refractivity contribution in [3.8, 4) is 12.1 Å². The molecule has 0 radical (unpaired) electrons. The monoisotopic (exact) mass is 359 g/mol. The van der Waals surface area contributed by atoms with Gasteiger partial charge in [0.05, 0.1) is 17.2 Å². The van der Waals surface area contributed by atoms with Crippen LogP contribution in [0, 0.1) is 28.5 Å². The van der Waals surface area contributed by atoms with E-state index in [1.807, 2.05) is 42.5 Å². The predicted molar refractivity (Wildman–Crippen MR) is 99.2 cm³/mol. The molecule has 1 saturated heterocycles. The summed E-state index contributed by atoms with van der Waals surface area (Å²) in [6.45, 7) is 0.697. The summed E-state index contributed by atoms with van der Waals surface area (Å²) in [5.41, 5.74) is 2.05. The number of nitriles is 2. The molecule has 1 aliphatic heterocycles. The number of nitrogens with one attached hydrogen (secondary N) is 1. The van der Waals surface area contributed by atoms with Gasteiger partial charge < -0.3 is 5.32 Å². The van der Waals surface area contributed by atoms with Gasteiger partial charge in [-0.3, -0.25) is 4.79 Å². The largest absolute Gasteiger partial charge is 0.387 e. The molecule has 27 heavy (non-hydrogen) atoms. The third-order valence-electron chi connectivity index (χ3n) is 4.63. The van der Waals surface area contributed by atoms with Crippen LogP contribution < -0.4 is 5.32 Å². The molecule has 1 aliphatic rings. The number of piperidine rings is 1. The summed E-state index contributed by atoms with van der Waals surface area (Å²) in [7, 11) is 0. The van der Waals surface area contributed by atoms with Gasteiger partial charge in [0.15, 0.2) is 0 Å². The van der Waals surface area contributed by atoms with Gasteiger partial charge in [-0.05, 0) is 48.9 Å². The molecule has 1 fully saturated rings. The second-order valence-corrected chi connectivity index (χ2v) is 6.44. The second-order valence-electron chi connectivity index (χ2n) is 6.44. The van der Waals surface area contributed by atoms with Gasteiger partial charge in [0.25, 0.3) is 0 Å². The lowest BCUT2D eigenvalue weighted by Gasteiger charge is -2.18. The lowest BCUT2D eigenvalue weighted by molar-refractivity contribution is 0.103. The summed E-state index contributed by atoms with van der Waals surface area (Å²) in [5, 5.41) is 21.9. The maximum Gasteiger partial charge on any atom is 0.208 e. The van der Waals surface area contributed by atoms with Crippen molar-refractivity contribution in [2.45, 2.75) is 25.7 Å². The van der Waals surface area contributed by atoms with E-state index in [-0.39, 0.29) is 16.7 Å². The van der Waals surface area contributed by atoms with Crippen molar-refractivity contribution in [2.75, 3.05) is 6.54 Å². The van der Waals surface area contributed by atoms with Crippen LogP contribution in [-0.4, -0.2) is 12.3 Å². The zero-order valence-electron chi connectivity index (χ0n) is 14.8. The van der Waals surface area contributed by atoms with E-state index in [9.17, 15) is 19.7 Å². The van der Waals surface area contributed by atoms with Crippen LogP contribution in [0.4, 0.5) is 4.39 Å². The minimum atomic E-state index is -0.780. The number of carbonyl (C=O) groups is 1. The number of Topliss-reactive ketones (excluding diaryl/α,β-unsaturated/α-hetero) is 1. The molecule has 1 N–H and O–H groups in total. The van der Waals surface area contributed by atoms with Gasteiger partial charge in [-0.25, -0.2) is 4.39 Å². The molecule has 0 unspecified atom stereocenters. The van der Waals surface area contributed by atoms with Gasteiger partial charge in [-0.1, -0.05) is 30.3 Å². The number of halogens is 1. The molecule has 5 heteroatoms. The summed E-state index contributed by atoms with van der Waals surface area (Å²) in [4.78, 5) is 12.9. The fourth-order valence-electron chi connectivity index (χ4n) is 3.22. The Morgan fingerprint density at radius 2 is 1.93 bits per heavy atom. The first-order chi connectivity index (χ1) is 13.1. The molecule has 0 bridgehead atoms. The Balaban J connectivity index is 2.02. The molecule has 0 spiro atoms. The molecule has 1 heterocycles. The van der Waals surface area contributed by atoms with Gasteiger partial charge in [-0.2, -0.15) is 10.5 Å². The highest BCUT2D eigenvalue weighted by Gasteiger charge is 2.23. The first-order valence-electron chi connectivity index (χ1n) is 8.82. The van der Waals surface area contributed by atoms with Crippen molar-refractivity contribution in [3.05, 3.63) is 81.8 Å². The van der Waals surface area contributed by atoms with Crippen LogP contribution in [0.5, 0.6) is 0 Å². The van der Waals surface area contributed by atoms with E-state index in [4.69, 9.17) is 0 Å². The lowest BCUT2D eigenvalue weighted by atomic mass is 9.93. The van der Waals surface area contributed by atoms with Gasteiger partial charge in [0.2, 0.25) is 5.78 Å². The molecule has 0 atom stereocenters. The van der Waals surface area contributed by atoms with Crippen LogP contribution in [0.1, 0.15) is 46.3 Å². The molecular weight excluding hydrogens is 341 g/mol. The van der Waals surface area contributed by atoms with Gasteiger partial charge in [0, 0.05) is 12.2 Å². The van der Waals surface area contributed by atoms with E-state index in [1.54, 1.807) is 0 Å². The molecule has 0 amide bonds. The Kier molecular flexibility index (Phi) is 5.64. The zero-order chi connectivity index (χ0) is 19.2. The Morgan fingerprint density at radius 1 is 1.15 bits per heavy atom. The van der Waals surface area contributed by atoms with Crippen molar-refractivity contribution >= 4 is 5.78 Å². The SMILES string of the molecule is N#CC(C(=O)c1cc(Cc2ccccc2)c(C#N)cc1F)=C1CCCCN1.